The molecule has 4 heterocycles. The van der Waals surface area contributed by atoms with Crippen molar-refractivity contribution in [3.05, 3.63) is 53.7 Å². The highest BCUT2D eigenvalue weighted by atomic mass is 19.1. The van der Waals surface area contributed by atoms with E-state index in [1.165, 1.54) is 29.9 Å². The van der Waals surface area contributed by atoms with Gasteiger partial charge in [-0.15, -0.1) is 5.10 Å². The zero-order valence-electron chi connectivity index (χ0n) is 19.2. The molecule has 0 saturated carbocycles. The molecule has 0 radical (unpaired) electrons. The van der Waals surface area contributed by atoms with Gasteiger partial charge in [0.15, 0.2) is 5.65 Å². The van der Waals surface area contributed by atoms with E-state index in [0.717, 1.165) is 12.0 Å². The number of imidazole rings is 1. The van der Waals surface area contributed by atoms with Gasteiger partial charge in [-0.1, -0.05) is 0 Å². The van der Waals surface area contributed by atoms with Crippen molar-refractivity contribution in [2.45, 2.75) is 18.9 Å². The van der Waals surface area contributed by atoms with Crippen LogP contribution in [0.3, 0.4) is 0 Å². The number of hydrogen-bond donors (Lipinski definition) is 1. The van der Waals surface area contributed by atoms with Gasteiger partial charge in [0.05, 0.1) is 49.4 Å². The van der Waals surface area contributed by atoms with Crippen LogP contribution in [-0.2, 0) is 18.2 Å². The lowest BCUT2D eigenvalue weighted by atomic mass is 10.0. The molecule has 5 rings (SSSR count). The minimum Gasteiger partial charge on any atom is -0.470 e. The third-order valence-corrected chi connectivity index (χ3v) is 5.82. The molecule has 1 aliphatic heterocycles. The van der Waals surface area contributed by atoms with Gasteiger partial charge in [-0.05, 0) is 18.2 Å². The highest BCUT2D eigenvalue weighted by molar-refractivity contribution is 5.95. The summed E-state index contributed by atoms with van der Waals surface area (Å²) in [5.74, 6) is -0.664. The molecule has 10 nitrogen and oxygen atoms in total. The number of rotatable bonds is 6. The van der Waals surface area contributed by atoms with Crippen LogP contribution in [0.5, 0.6) is 5.88 Å². The first-order chi connectivity index (χ1) is 17.0. The summed E-state index contributed by atoms with van der Waals surface area (Å²) in [5.41, 5.74) is 2.74. The molecule has 1 saturated heterocycles. The molecule has 4 aromatic rings. The van der Waals surface area contributed by atoms with Crippen LogP contribution in [-0.4, -0.2) is 56.7 Å². The molecule has 178 valence electrons. The van der Waals surface area contributed by atoms with Gasteiger partial charge >= 0.3 is 0 Å². The number of aromatic nitrogens is 5. The first-order valence-electron chi connectivity index (χ1n) is 11.0. The average Bonchev–Trinajstić information content (AvgIpc) is 3.61. The number of nitrogens with zero attached hydrogens (tertiary/aromatic N) is 6. The van der Waals surface area contributed by atoms with Crippen molar-refractivity contribution in [1.29, 1.82) is 5.26 Å². The molecule has 0 unspecified atom stereocenters. The van der Waals surface area contributed by atoms with Crippen LogP contribution in [0.25, 0.3) is 28.0 Å². The van der Waals surface area contributed by atoms with E-state index in [1.807, 2.05) is 19.3 Å². The Balaban J connectivity index is 1.69. The Morgan fingerprint density at radius 1 is 1.34 bits per heavy atom. The summed E-state index contributed by atoms with van der Waals surface area (Å²) in [5, 5.41) is 20.6. The molecule has 35 heavy (non-hydrogen) atoms. The maximum atomic E-state index is 15.5. The average molecular weight is 475 g/mol. The Labute approximate surface area is 199 Å². The predicted molar refractivity (Wildman–Crippen MR) is 123 cm³/mol. The van der Waals surface area contributed by atoms with Crippen LogP contribution in [0.1, 0.15) is 22.3 Å². The van der Waals surface area contributed by atoms with Gasteiger partial charge in [0.1, 0.15) is 11.9 Å². The quantitative estimate of drug-likeness (QED) is 0.455. The number of hydrogen-bond acceptors (Lipinski definition) is 7. The summed E-state index contributed by atoms with van der Waals surface area (Å²) in [4.78, 5) is 16.8. The fourth-order valence-electron chi connectivity index (χ4n) is 4.06. The number of aryl methyl sites for hydroxylation is 1. The molecule has 1 N–H and O–H groups in total. The molecule has 0 spiro atoms. The van der Waals surface area contributed by atoms with Crippen molar-refractivity contribution in [3.8, 4) is 34.3 Å². The van der Waals surface area contributed by atoms with Crippen LogP contribution in [0.15, 0.2) is 36.8 Å². The highest BCUT2D eigenvalue weighted by Gasteiger charge is 2.24. The highest BCUT2D eigenvalue weighted by Crippen LogP contribution is 2.33. The maximum Gasteiger partial charge on any atom is 0.251 e. The van der Waals surface area contributed by atoms with Crippen molar-refractivity contribution in [1.82, 2.24) is 29.7 Å². The molecule has 1 aromatic carbocycles. The van der Waals surface area contributed by atoms with E-state index >= 15 is 4.39 Å². The number of nitriles is 1. The SMILES string of the molecule is CNC(=O)c1cc(CC#N)c(F)c(-c2cnc3cc(-c4cnn(C)c4)c(O[C@H]4CCOC4)nn23)c1. The number of carbonyl (C=O) groups is 1. The molecule has 1 amide bonds. The summed E-state index contributed by atoms with van der Waals surface area (Å²) in [6.45, 7) is 1.05. The van der Waals surface area contributed by atoms with E-state index in [9.17, 15) is 4.79 Å². The molecular weight excluding hydrogens is 453 g/mol. The van der Waals surface area contributed by atoms with E-state index in [-0.39, 0.29) is 29.2 Å². The summed E-state index contributed by atoms with van der Waals surface area (Å²) in [6, 6.07) is 6.56. The smallest absolute Gasteiger partial charge is 0.251 e. The Hall–Kier alpha value is -4.30. The van der Waals surface area contributed by atoms with Crippen molar-refractivity contribution >= 4 is 11.6 Å². The largest absolute Gasteiger partial charge is 0.470 e. The van der Waals surface area contributed by atoms with Gasteiger partial charge in [-0.2, -0.15) is 10.4 Å². The Bertz CT molecular complexity index is 1460. The molecule has 0 aliphatic carbocycles. The van der Waals surface area contributed by atoms with Crippen LogP contribution in [0.4, 0.5) is 4.39 Å². The summed E-state index contributed by atoms with van der Waals surface area (Å²) < 4.78 is 30.2. The van der Waals surface area contributed by atoms with Crippen LogP contribution >= 0.6 is 0 Å². The minimum atomic E-state index is -0.606. The van der Waals surface area contributed by atoms with Crippen molar-refractivity contribution < 1.29 is 18.7 Å². The van der Waals surface area contributed by atoms with E-state index in [4.69, 9.17) is 14.7 Å². The van der Waals surface area contributed by atoms with Crippen LogP contribution < -0.4 is 10.1 Å². The molecular formula is C24H22FN7O3. The summed E-state index contributed by atoms with van der Waals surface area (Å²) >= 11 is 0. The Kier molecular flexibility index (Phi) is 5.88. The lowest BCUT2D eigenvalue weighted by Crippen LogP contribution is -2.19. The monoisotopic (exact) mass is 475 g/mol. The number of benzene rings is 1. The normalized spacial score (nSPS) is 15.3. The Morgan fingerprint density at radius 3 is 2.89 bits per heavy atom. The lowest BCUT2D eigenvalue weighted by Gasteiger charge is -2.15. The number of fused-ring (bicyclic) bond motifs is 1. The molecule has 1 fully saturated rings. The first kappa shape index (κ1) is 22.5. The van der Waals surface area contributed by atoms with Gasteiger partial charge in [-0.3, -0.25) is 9.48 Å². The zero-order chi connectivity index (χ0) is 24.5. The fourth-order valence-corrected chi connectivity index (χ4v) is 4.06. The predicted octanol–water partition coefficient (Wildman–Crippen LogP) is 2.53. The zero-order valence-corrected chi connectivity index (χ0v) is 19.2. The third-order valence-electron chi connectivity index (χ3n) is 5.82. The number of ether oxygens (including phenoxy) is 2. The van der Waals surface area contributed by atoms with Gasteiger partial charge in [0, 0.05) is 49.0 Å². The number of halogens is 1. The third kappa shape index (κ3) is 4.20. The van der Waals surface area contributed by atoms with Gasteiger partial charge in [0.25, 0.3) is 5.91 Å². The summed E-state index contributed by atoms with van der Waals surface area (Å²) in [7, 11) is 3.30. The summed E-state index contributed by atoms with van der Waals surface area (Å²) in [6.07, 6.45) is 5.41. The molecule has 1 aliphatic rings. The van der Waals surface area contributed by atoms with Crippen LogP contribution in [0.2, 0.25) is 0 Å². The standard InChI is InChI=1S/C24H22FN7O3/c1-27-23(33)15-7-14(3-5-26)22(25)19(8-15)20-11-28-21-9-18(16-10-29-31(2)12-16)24(30-32(20)21)35-17-4-6-34-13-17/h7-12,17H,3-4,6,13H2,1-2H3,(H,27,33)/t17-/m0/s1. The molecule has 11 heteroatoms. The molecule has 3 aromatic heterocycles. The lowest BCUT2D eigenvalue weighted by molar-refractivity contribution is 0.0963. The van der Waals surface area contributed by atoms with E-state index in [0.29, 0.717) is 36.0 Å². The van der Waals surface area contributed by atoms with E-state index in [2.05, 4.69) is 20.5 Å². The van der Waals surface area contributed by atoms with Crippen LogP contribution in [0, 0.1) is 17.1 Å². The maximum absolute atomic E-state index is 15.5. The second-order valence-electron chi connectivity index (χ2n) is 8.19. The van der Waals surface area contributed by atoms with Crippen molar-refractivity contribution in [2.75, 3.05) is 20.3 Å². The molecule has 1 atom stereocenters. The number of carbonyl (C=O) groups excluding carboxylic acids is 1. The van der Waals surface area contributed by atoms with Gasteiger partial charge < -0.3 is 14.8 Å². The minimum absolute atomic E-state index is 0.112. The molecule has 0 bridgehead atoms. The second-order valence-corrected chi connectivity index (χ2v) is 8.19. The fraction of sp³-hybridized carbons (Fsp3) is 0.292. The van der Waals surface area contributed by atoms with Gasteiger partial charge in [0.2, 0.25) is 5.88 Å². The number of nitrogens with one attached hydrogen (secondary N) is 1. The topological polar surface area (TPSA) is 119 Å². The van der Waals surface area contributed by atoms with Gasteiger partial charge in [-0.25, -0.2) is 13.9 Å². The van der Waals surface area contributed by atoms with E-state index < -0.39 is 11.7 Å². The Morgan fingerprint density at radius 2 is 2.20 bits per heavy atom. The first-order valence-corrected chi connectivity index (χ1v) is 11.0. The number of amides is 1. The van der Waals surface area contributed by atoms with E-state index in [1.54, 1.807) is 16.9 Å². The van der Waals surface area contributed by atoms with Crippen molar-refractivity contribution in [3.63, 3.8) is 0 Å². The second kappa shape index (κ2) is 9.15. The van der Waals surface area contributed by atoms with Crippen molar-refractivity contribution in [2.24, 2.45) is 7.05 Å².